The molecule has 0 aliphatic carbocycles. The average Bonchev–Trinajstić information content (AvgIpc) is 3.40. The van der Waals surface area contributed by atoms with E-state index in [2.05, 4.69) is 0 Å². The molecule has 1 aliphatic rings. The van der Waals surface area contributed by atoms with E-state index >= 15 is 4.79 Å². The molecule has 3 amide bonds. The lowest BCUT2D eigenvalue weighted by atomic mass is 9.76. The number of rotatable bonds is 11. The van der Waals surface area contributed by atoms with E-state index in [1.165, 1.54) is 14.7 Å². The van der Waals surface area contributed by atoms with Crippen LogP contribution in [0, 0.1) is 0 Å². The number of aliphatic hydroxyl groups is 1. The molecule has 5 aromatic carbocycles. The van der Waals surface area contributed by atoms with E-state index in [4.69, 9.17) is 0 Å². The second kappa shape index (κ2) is 13.9. The average molecular weight is 640 g/mol. The van der Waals surface area contributed by atoms with Crippen molar-refractivity contribution in [3.8, 4) is 0 Å². The number of carboxylic acids is 1. The highest BCUT2D eigenvalue weighted by Crippen LogP contribution is 2.45. The molecule has 2 N–H and O–H groups in total. The van der Waals surface area contributed by atoms with Crippen molar-refractivity contribution in [2.75, 3.05) is 7.05 Å². The zero-order chi connectivity index (χ0) is 33.7. The summed E-state index contributed by atoms with van der Waals surface area (Å²) in [6, 6.07) is 41.3. The second-order valence-electron chi connectivity index (χ2n) is 12.0. The summed E-state index contributed by atoms with van der Waals surface area (Å²) < 4.78 is 0. The molecule has 242 valence electrons. The first-order valence-corrected chi connectivity index (χ1v) is 15.8. The van der Waals surface area contributed by atoms with Gasteiger partial charge < -0.3 is 24.9 Å². The first-order chi connectivity index (χ1) is 23.3. The Morgan fingerprint density at radius 3 is 1.44 bits per heavy atom. The SMILES string of the molecule is CN(C(=O)C1C(C(=O)O)N(Cc2ccccc2)C(=O)N1Cc1ccccc1)C(c1ccccc1)C(O)(c1ccccc1)c1ccccc1. The van der Waals surface area contributed by atoms with Crippen LogP contribution < -0.4 is 0 Å². The Bertz CT molecular complexity index is 1800. The highest BCUT2D eigenvalue weighted by atomic mass is 16.4. The molecule has 0 saturated carbocycles. The summed E-state index contributed by atoms with van der Waals surface area (Å²) in [6.45, 7) is 0.0339. The fourth-order valence-corrected chi connectivity index (χ4v) is 6.76. The Hall–Kier alpha value is -5.73. The number of carbonyl (C=O) groups is 3. The van der Waals surface area contributed by atoms with Crippen molar-refractivity contribution < 1.29 is 24.6 Å². The third-order valence-electron chi connectivity index (χ3n) is 9.03. The summed E-state index contributed by atoms with van der Waals surface area (Å²) in [5.74, 6) is -1.90. The molecular formula is C40H37N3O5. The van der Waals surface area contributed by atoms with Crippen molar-refractivity contribution in [3.63, 3.8) is 0 Å². The molecule has 0 radical (unpaired) electrons. The predicted octanol–water partition coefficient (Wildman–Crippen LogP) is 6.08. The number of nitrogens with zero attached hydrogens (tertiary/aromatic N) is 3. The van der Waals surface area contributed by atoms with E-state index in [9.17, 15) is 19.8 Å². The van der Waals surface area contributed by atoms with Crippen molar-refractivity contribution in [1.82, 2.24) is 14.7 Å². The molecule has 8 heteroatoms. The number of amides is 3. The second-order valence-corrected chi connectivity index (χ2v) is 12.0. The molecule has 1 fully saturated rings. The van der Waals surface area contributed by atoms with Crippen LogP contribution in [0.15, 0.2) is 152 Å². The molecule has 8 nitrogen and oxygen atoms in total. The highest BCUT2D eigenvalue weighted by molar-refractivity contribution is 5.98. The third kappa shape index (κ3) is 6.18. The number of benzene rings is 5. The predicted molar refractivity (Wildman–Crippen MR) is 182 cm³/mol. The van der Waals surface area contributed by atoms with Crippen LogP contribution in [0.2, 0.25) is 0 Å². The van der Waals surface area contributed by atoms with Gasteiger partial charge in [0.2, 0.25) is 5.91 Å². The minimum absolute atomic E-state index is 0.00943. The summed E-state index contributed by atoms with van der Waals surface area (Å²) in [7, 11) is 1.57. The zero-order valence-corrected chi connectivity index (χ0v) is 26.5. The van der Waals surface area contributed by atoms with Crippen molar-refractivity contribution in [1.29, 1.82) is 0 Å². The van der Waals surface area contributed by atoms with Gasteiger partial charge in [0.05, 0.1) is 6.04 Å². The van der Waals surface area contributed by atoms with Crippen LogP contribution in [0.4, 0.5) is 4.79 Å². The molecule has 0 aromatic heterocycles. The largest absolute Gasteiger partial charge is 0.480 e. The number of aliphatic carboxylic acids is 1. The van der Waals surface area contributed by atoms with E-state index < -0.39 is 41.6 Å². The van der Waals surface area contributed by atoms with Gasteiger partial charge in [-0.25, -0.2) is 9.59 Å². The molecule has 1 heterocycles. The van der Waals surface area contributed by atoms with Crippen LogP contribution in [0.5, 0.6) is 0 Å². The lowest BCUT2D eigenvalue weighted by Crippen LogP contribution is -2.55. The van der Waals surface area contributed by atoms with Gasteiger partial charge in [-0.1, -0.05) is 152 Å². The minimum Gasteiger partial charge on any atom is -0.480 e. The molecule has 48 heavy (non-hydrogen) atoms. The highest BCUT2D eigenvalue weighted by Gasteiger charge is 2.56. The van der Waals surface area contributed by atoms with Crippen LogP contribution >= 0.6 is 0 Å². The number of likely N-dealkylation sites (N-methyl/N-ethyl adjacent to an activating group) is 1. The molecule has 1 saturated heterocycles. The number of carbonyl (C=O) groups excluding carboxylic acids is 2. The van der Waals surface area contributed by atoms with Gasteiger partial charge in [0, 0.05) is 20.1 Å². The van der Waals surface area contributed by atoms with Gasteiger partial charge in [-0.2, -0.15) is 0 Å². The number of carboxylic acid groups (broad SMARTS) is 1. The summed E-state index contributed by atoms with van der Waals surface area (Å²) >= 11 is 0. The first-order valence-electron chi connectivity index (χ1n) is 15.8. The molecule has 3 unspecified atom stereocenters. The quantitative estimate of drug-likeness (QED) is 0.182. The Balaban J connectivity index is 1.49. The standard InChI is InChI=1S/C40H37N3O5/c1-41(36(31-21-11-4-12-22-31)40(48,32-23-13-5-14-24-32)33-25-15-6-16-26-33)37(44)34-35(38(45)46)43(28-30-19-9-3-10-20-30)39(47)42(34)27-29-17-7-2-8-18-29/h2-26,34-36,48H,27-28H2,1H3,(H,45,46). The Labute approximate surface area is 280 Å². The third-order valence-corrected chi connectivity index (χ3v) is 9.03. The van der Waals surface area contributed by atoms with Gasteiger partial charge in [0.1, 0.15) is 11.6 Å². The number of urea groups is 1. The monoisotopic (exact) mass is 639 g/mol. The maximum atomic E-state index is 15.1. The zero-order valence-electron chi connectivity index (χ0n) is 26.5. The van der Waals surface area contributed by atoms with E-state index in [-0.39, 0.29) is 13.1 Å². The van der Waals surface area contributed by atoms with Crippen LogP contribution in [0.25, 0.3) is 0 Å². The summed E-state index contributed by atoms with van der Waals surface area (Å²) in [4.78, 5) is 46.4. The Morgan fingerprint density at radius 1 is 0.646 bits per heavy atom. The molecule has 5 aromatic rings. The lowest BCUT2D eigenvalue weighted by Gasteiger charge is -2.44. The Kier molecular flexibility index (Phi) is 9.36. The number of hydrogen-bond donors (Lipinski definition) is 2. The van der Waals surface area contributed by atoms with Crippen LogP contribution in [-0.2, 0) is 28.3 Å². The van der Waals surface area contributed by atoms with Gasteiger partial charge in [-0.3, -0.25) is 4.79 Å². The van der Waals surface area contributed by atoms with E-state index in [0.717, 1.165) is 11.1 Å². The van der Waals surface area contributed by atoms with Crippen LogP contribution in [-0.4, -0.2) is 62.0 Å². The van der Waals surface area contributed by atoms with Gasteiger partial charge >= 0.3 is 12.0 Å². The normalized spacial score (nSPS) is 16.8. The van der Waals surface area contributed by atoms with Crippen molar-refractivity contribution in [3.05, 3.63) is 179 Å². The first kappa shape index (κ1) is 32.2. The van der Waals surface area contributed by atoms with E-state index in [1.54, 1.807) is 7.05 Å². The molecule has 0 spiro atoms. The van der Waals surface area contributed by atoms with Gasteiger partial charge in [0.15, 0.2) is 6.04 Å². The van der Waals surface area contributed by atoms with E-state index in [1.807, 2.05) is 152 Å². The maximum Gasteiger partial charge on any atom is 0.329 e. The molecule has 0 bridgehead atoms. The fourth-order valence-electron chi connectivity index (χ4n) is 6.76. The molecule has 3 atom stereocenters. The van der Waals surface area contributed by atoms with E-state index in [0.29, 0.717) is 16.7 Å². The Morgan fingerprint density at radius 2 is 1.02 bits per heavy atom. The smallest absolute Gasteiger partial charge is 0.329 e. The van der Waals surface area contributed by atoms with Crippen molar-refractivity contribution in [2.45, 2.75) is 36.8 Å². The molecule has 6 rings (SSSR count). The van der Waals surface area contributed by atoms with Crippen molar-refractivity contribution in [2.24, 2.45) is 0 Å². The summed E-state index contributed by atoms with van der Waals surface area (Å²) in [5, 5.41) is 23.7. The van der Waals surface area contributed by atoms with Crippen LogP contribution in [0.3, 0.4) is 0 Å². The summed E-state index contributed by atoms with van der Waals surface area (Å²) in [6.07, 6.45) is 0. The van der Waals surface area contributed by atoms with Gasteiger partial charge in [0.25, 0.3) is 0 Å². The van der Waals surface area contributed by atoms with Crippen LogP contribution in [0.1, 0.15) is 33.9 Å². The summed E-state index contributed by atoms with van der Waals surface area (Å²) in [5.41, 5.74) is 1.46. The van der Waals surface area contributed by atoms with Gasteiger partial charge in [-0.05, 0) is 27.8 Å². The van der Waals surface area contributed by atoms with Crippen molar-refractivity contribution >= 4 is 17.9 Å². The lowest BCUT2D eigenvalue weighted by molar-refractivity contribution is -0.151. The topological polar surface area (TPSA) is 101 Å². The van der Waals surface area contributed by atoms with Gasteiger partial charge in [-0.15, -0.1) is 0 Å². The molecular weight excluding hydrogens is 602 g/mol. The minimum atomic E-state index is -1.76. The molecule has 1 aliphatic heterocycles. The number of hydrogen-bond acceptors (Lipinski definition) is 4. The fraction of sp³-hybridized carbons (Fsp3) is 0.175. The maximum absolute atomic E-state index is 15.1.